The van der Waals surface area contributed by atoms with Crippen LogP contribution in [0, 0.1) is 0 Å². The summed E-state index contributed by atoms with van der Waals surface area (Å²) in [4.78, 5) is 19.7. The third-order valence-corrected chi connectivity index (χ3v) is 2.61. The van der Waals surface area contributed by atoms with E-state index in [1.165, 1.54) is 13.4 Å². The van der Waals surface area contributed by atoms with E-state index in [1.54, 1.807) is 26.3 Å². The fourth-order valence-electron chi connectivity index (χ4n) is 1.74. The maximum absolute atomic E-state index is 11.5. The molecule has 2 rings (SSSR count). The zero-order chi connectivity index (χ0) is 14.5. The van der Waals surface area contributed by atoms with Crippen molar-refractivity contribution in [3.63, 3.8) is 0 Å². The first-order chi connectivity index (χ1) is 9.69. The molecule has 0 aliphatic heterocycles. The van der Waals surface area contributed by atoms with Crippen LogP contribution < -0.4 is 25.6 Å². The van der Waals surface area contributed by atoms with Crippen LogP contribution in [0.5, 0.6) is 11.5 Å². The minimum absolute atomic E-state index is 0. The third-order valence-electron chi connectivity index (χ3n) is 2.61. The Morgan fingerprint density at radius 1 is 1.14 bits per heavy atom. The zero-order valence-electron chi connectivity index (χ0n) is 11.8. The highest BCUT2D eigenvalue weighted by Gasteiger charge is 2.12. The van der Waals surface area contributed by atoms with E-state index in [-0.39, 0.29) is 12.4 Å². The third kappa shape index (κ3) is 3.61. The number of hydrogen-bond acceptors (Lipinski definition) is 6. The molecule has 1 aromatic carbocycles. The first kappa shape index (κ1) is 16.7. The van der Waals surface area contributed by atoms with E-state index in [1.807, 2.05) is 0 Å². The molecule has 0 fully saturated rings. The number of carbonyl (C=O) groups is 1. The van der Waals surface area contributed by atoms with E-state index in [4.69, 9.17) is 9.47 Å². The van der Waals surface area contributed by atoms with Crippen LogP contribution in [0.1, 0.15) is 0 Å². The molecule has 0 spiro atoms. The van der Waals surface area contributed by atoms with Crippen LogP contribution in [0.3, 0.4) is 0 Å². The molecule has 8 nitrogen and oxygen atoms in total. The number of anilines is 1. The second-order valence-electron chi connectivity index (χ2n) is 3.78. The van der Waals surface area contributed by atoms with Gasteiger partial charge in [-0.2, -0.15) is 0 Å². The fourth-order valence-corrected chi connectivity index (χ4v) is 1.74. The summed E-state index contributed by atoms with van der Waals surface area (Å²) in [5.74, 6) is 1.47. The Labute approximate surface area is 127 Å². The van der Waals surface area contributed by atoms with Crippen molar-refractivity contribution in [2.45, 2.75) is 0 Å². The van der Waals surface area contributed by atoms with Crippen molar-refractivity contribution in [1.82, 2.24) is 20.8 Å². The maximum Gasteiger partial charge on any atom is 0.334 e. The lowest BCUT2D eigenvalue weighted by Gasteiger charge is -2.11. The van der Waals surface area contributed by atoms with E-state index < -0.39 is 6.03 Å². The quantitative estimate of drug-likeness (QED) is 0.737. The van der Waals surface area contributed by atoms with Gasteiger partial charge in [0.05, 0.1) is 19.7 Å². The monoisotopic (exact) mass is 313 g/mol. The van der Waals surface area contributed by atoms with Crippen LogP contribution >= 0.6 is 12.4 Å². The summed E-state index contributed by atoms with van der Waals surface area (Å²) in [6.45, 7) is 0. The Morgan fingerprint density at radius 3 is 2.43 bits per heavy atom. The molecule has 21 heavy (non-hydrogen) atoms. The van der Waals surface area contributed by atoms with Gasteiger partial charge in [-0.15, -0.1) is 12.4 Å². The van der Waals surface area contributed by atoms with Crippen molar-refractivity contribution in [2.75, 3.05) is 26.6 Å². The number of methoxy groups -OCH3 is 2. The summed E-state index contributed by atoms with van der Waals surface area (Å²) in [7, 11) is 4.67. The molecule has 0 aliphatic rings. The minimum atomic E-state index is -0.428. The number of rotatable bonds is 4. The molecule has 3 N–H and O–H groups in total. The number of benzene rings is 1. The van der Waals surface area contributed by atoms with Gasteiger partial charge in [-0.05, 0) is 6.07 Å². The average Bonchev–Trinajstić information content (AvgIpc) is 2.46. The van der Waals surface area contributed by atoms with Gasteiger partial charge in [-0.1, -0.05) is 0 Å². The van der Waals surface area contributed by atoms with Crippen molar-refractivity contribution in [2.24, 2.45) is 0 Å². The number of nitrogens with one attached hydrogen (secondary N) is 3. The normalized spacial score (nSPS) is 9.67. The Morgan fingerprint density at radius 2 is 1.81 bits per heavy atom. The lowest BCUT2D eigenvalue weighted by molar-refractivity contribution is 0.249. The van der Waals surface area contributed by atoms with E-state index in [0.717, 1.165) is 0 Å². The van der Waals surface area contributed by atoms with Gasteiger partial charge in [-0.3, -0.25) is 10.7 Å². The number of nitrogens with zero attached hydrogens (tertiary/aromatic N) is 2. The predicted octanol–water partition coefficient (Wildman–Crippen LogP) is 1.32. The van der Waals surface area contributed by atoms with Crippen molar-refractivity contribution in [1.29, 1.82) is 0 Å². The van der Waals surface area contributed by atoms with Crippen LogP contribution in [0.25, 0.3) is 10.9 Å². The molecule has 114 valence electrons. The van der Waals surface area contributed by atoms with Gasteiger partial charge in [0.15, 0.2) is 11.5 Å². The number of hydrazine groups is 1. The summed E-state index contributed by atoms with van der Waals surface area (Å²) < 4.78 is 10.4. The second-order valence-corrected chi connectivity index (χ2v) is 3.78. The van der Waals surface area contributed by atoms with E-state index in [2.05, 4.69) is 26.1 Å². The fraction of sp³-hybridized carbons (Fsp3) is 0.250. The molecular formula is C12H16ClN5O3. The van der Waals surface area contributed by atoms with Crippen molar-refractivity contribution >= 4 is 35.2 Å². The second kappa shape index (κ2) is 7.46. The van der Waals surface area contributed by atoms with Crippen LogP contribution in [0.4, 0.5) is 10.6 Å². The molecule has 0 aliphatic carbocycles. The van der Waals surface area contributed by atoms with Gasteiger partial charge in [0.2, 0.25) is 0 Å². The summed E-state index contributed by atoms with van der Waals surface area (Å²) in [6, 6.07) is 3.00. The molecule has 0 unspecified atom stereocenters. The predicted molar refractivity (Wildman–Crippen MR) is 81.1 cm³/mol. The van der Waals surface area contributed by atoms with E-state index in [9.17, 15) is 4.79 Å². The molecule has 2 amide bonds. The number of fused-ring (bicyclic) bond motifs is 1. The zero-order valence-corrected chi connectivity index (χ0v) is 12.6. The Hall–Kier alpha value is -2.32. The Balaban J connectivity index is 0.00000220. The summed E-state index contributed by atoms with van der Waals surface area (Å²) in [5.41, 5.74) is 5.56. The number of ether oxygens (including phenoxy) is 2. The molecule has 9 heteroatoms. The largest absolute Gasteiger partial charge is 0.493 e. The SMILES string of the molecule is CNNC(=O)Nc1ncnc2cc(OC)c(OC)cc12.Cl. The number of urea groups is 1. The molecule has 0 bridgehead atoms. The molecule has 0 atom stereocenters. The summed E-state index contributed by atoms with van der Waals surface area (Å²) in [5, 5.41) is 3.26. The smallest absolute Gasteiger partial charge is 0.334 e. The Bertz CT molecular complexity index is 638. The minimum Gasteiger partial charge on any atom is -0.493 e. The lowest BCUT2D eigenvalue weighted by atomic mass is 10.2. The molecule has 1 heterocycles. The average molecular weight is 314 g/mol. The highest BCUT2D eigenvalue weighted by Crippen LogP contribution is 2.33. The van der Waals surface area contributed by atoms with E-state index in [0.29, 0.717) is 28.2 Å². The first-order valence-electron chi connectivity index (χ1n) is 5.80. The highest BCUT2D eigenvalue weighted by molar-refractivity contribution is 5.99. The van der Waals surface area contributed by atoms with Gasteiger partial charge >= 0.3 is 6.03 Å². The maximum atomic E-state index is 11.5. The first-order valence-corrected chi connectivity index (χ1v) is 5.80. The number of carbonyl (C=O) groups excluding carboxylic acids is 1. The lowest BCUT2D eigenvalue weighted by Crippen LogP contribution is -2.37. The van der Waals surface area contributed by atoms with Crippen molar-refractivity contribution in [3.05, 3.63) is 18.5 Å². The molecule has 0 saturated carbocycles. The van der Waals surface area contributed by atoms with Crippen molar-refractivity contribution < 1.29 is 14.3 Å². The topological polar surface area (TPSA) is 97.4 Å². The number of amides is 2. The van der Waals surface area contributed by atoms with Crippen LogP contribution in [0.15, 0.2) is 18.5 Å². The molecule has 0 radical (unpaired) electrons. The van der Waals surface area contributed by atoms with Gasteiger partial charge in [0.25, 0.3) is 0 Å². The summed E-state index contributed by atoms with van der Waals surface area (Å²) >= 11 is 0. The van der Waals surface area contributed by atoms with Gasteiger partial charge in [0.1, 0.15) is 12.1 Å². The van der Waals surface area contributed by atoms with Crippen LogP contribution in [-0.4, -0.2) is 37.3 Å². The standard InChI is InChI=1S/C12H15N5O3.ClH/c1-13-17-12(18)16-11-7-4-9(19-2)10(20-3)5-8(7)14-6-15-11;/h4-6,13H,1-3H3,(H2,14,15,16,17,18);1H. The molecule has 0 saturated heterocycles. The van der Waals surface area contributed by atoms with Crippen LogP contribution in [-0.2, 0) is 0 Å². The summed E-state index contributed by atoms with van der Waals surface area (Å²) in [6.07, 6.45) is 1.36. The molecule has 2 aromatic rings. The van der Waals surface area contributed by atoms with Crippen LogP contribution in [0.2, 0.25) is 0 Å². The molecular weight excluding hydrogens is 298 g/mol. The van der Waals surface area contributed by atoms with Gasteiger partial charge in [0, 0.05) is 18.5 Å². The van der Waals surface area contributed by atoms with Gasteiger partial charge in [-0.25, -0.2) is 20.2 Å². The van der Waals surface area contributed by atoms with Crippen molar-refractivity contribution in [3.8, 4) is 11.5 Å². The van der Waals surface area contributed by atoms with Gasteiger partial charge < -0.3 is 9.47 Å². The number of hydrogen-bond donors (Lipinski definition) is 3. The number of aromatic nitrogens is 2. The molecule has 1 aromatic heterocycles. The Kier molecular flexibility index (Phi) is 5.94. The number of halogens is 1. The highest BCUT2D eigenvalue weighted by atomic mass is 35.5. The van der Waals surface area contributed by atoms with E-state index >= 15 is 0 Å².